The van der Waals surface area contributed by atoms with Crippen LogP contribution in [0.1, 0.15) is 25.6 Å². The zero-order valence-corrected chi connectivity index (χ0v) is 11.2. The molecule has 0 aliphatic carbocycles. The second-order valence-electron chi connectivity index (χ2n) is 4.52. The number of alkyl halides is 4. The molecule has 0 aliphatic rings. The molecule has 0 aliphatic heterocycles. The Kier molecular flexibility index (Phi) is 6.34. The molecule has 116 valence electrons. The normalized spacial score (nSPS) is 12.6. The first-order valence-electron chi connectivity index (χ1n) is 6.10. The molecule has 0 unspecified atom stereocenters. The molecule has 0 bridgehead atoms. The molecule has 0 fully saturated rings. The highest BCUT2D eigenvalue weighted by Crippen LogP contribution is 2.23. The summed E-state index contributed by atoms with van der Waals surface area (Å²) in [5, 5.41) is 6.64. The molecule has 0 radical (unpaired) electrons. The molecular formula is C11H17F4N3O2. The quantitative estimate of drug-likeness (QED) is 0.707. The minimum Gasteiger partial charge on any atom is -0.367 e. The summed E-state index contributed by atoms with van der Waals surface area (Å²) in [6.07, 6.45) is -3.27. The summed E-state index contributed by atoms with van der Waals surface area (Å²) in [6.45, 7) is 2.81. The molecule has 1 heterocycles. The Morgan fingerprint density at radius 3 is 2.65 bits per heavy atom. The van der Waals surface area contributed by atoms with E-state index in [1.165, 1.54) is 0 Å². The zero-order valence-electron chi connectivity index (χ0n) is 11.2. The van der Waals surface area contributed by atoms with Gasteiger partial charge in [-0.2, -0.15) is 13.8 Å². The smallest absolute Gasteiger partial charge is 0.330 e. The van der Waals surface area contributed by atoms with E-state index < -0.39 is 25.6 Å². The van der Waals surface area contributed by atoms with Crippen molar-refractivity contribution in [3.8, 4) is 0 Å². The van der Waals surface area contributed by atoms with Crippen LogP contribution in [0.2, 0.25) is 0 Å². The molecule has 1 rings (SSSR count). The molecule has 1 N–H and O–H groups in total. The summed E-state index contributed by atoms with van der Waals surface area (Å²) in [6, 6.07) is 0.317. The molecule has 5 nitrogen and oxygen atoms in total. The monoisotopic (exact) mass is 299 g/mol. The Morgan fingerprint density at radius 2 is 2.05 bits per heavy atom. The standard InChI is InChI=1S/C11H17F4N3O2/c1-7(2)16-4-3-9-17-8(18-20-9)5-19-6-11(14,15)10(12)13/h7,10,16H,3-6H2,1-2H3. The van der Waals surface area contributed by atoms with Gasteiger partial charge in [0.05, 0.1) is 0 Å². The Labute approximate surface area is 113 Å². The predicted molar refractivity (Wildman–Crippen MR) is 61.7 cm³/mol. The van der Waals surface area contributed by atoms with Gasteiger partial charge < -0.3 is 14.6 Å². The number of nitrogens with zero attached hydrogens (tertiary/aromatic N) is 2. The number of nitrogens with one attached hydrogen (secondary N) is 1. The number of hydrogen-bond donors (Lipinski definition) is 1. The molecule has 0 aromatic carbocycles. The highest BCUT2D eigenvalue weighted by Gasteiger charge is 2.41. The molecular weight excluding hydrogens is 282 g/mol. The summed E-state index contributed by atoms with van der Waals surface area (Å²) in [7, 11) is 0. The predicted octanol–water partition coefficient (Wildman–Crippen LogP) is 2.03. The van der Waals surface area contributed by atoms with Crippen LogP contribution in [0, 0.1) is 0 Å². The van der Waals surface area contributed by atoms with E-state index in [9.17, 15) is 17.6 Å². The molecule has 0 saturated heterocycles. The van der Waals surface area contributed by atoms with E-state index in [2.05, 4.69) is 20.2 Å². The van der Waals surface area contributed by atoms with E-state index in [1.54, 1.807) is 0 Å². The summed E-state index contributed by atoms with van der Waals surface area (Å²) >= 11 is 0. The van der Waals surface area contributed by atoms with Gasteiger partial charge in [-0.05, 0) is 0 Å². The fraction of sp³-hybridized carbons (Fsp3) is 0.818. The van der Waals surface area contributed by atoms with Crippen LogP contribution < -0.4 is 5.32 Å². The molecule has 1 aromatic rings. The molecule has 0 saturated carbocycles. The zero-order chi connectivity index (χ0) is 15.2. The number of hydrogen-bond acceptors (Lipinski definition) is 5. The minimum absolute atomic E-state index is 0.0506. The lowest BCUT2D eigenvalue weighted by Crippen LogP contribution is -2.32. The highest BCUT2D eigenvalue weighted by atomic mass is 19.3. The van der Waals surface area contributed by atoms with Gasteiger partial charge >= 0.3 is 12.3 Å². The molecule has 1 aromatic heterocycles. The number of aromatic nitrogens is 2. The van der Waals surface area contributed by atoms with Crippen molar-refractivity contribution >= 4 is 0 Å². The minimum atomic E-state index is -4.17. The van der Waals surface area contributed by atoms with Crippen molar-refractivity contribution in [2.75, 3.05) is 13.2 Å². The van der Waals surface area contributed by atoms with Crippen LogP contribution in [0.15, 0.2) is 4.52 Å². The van der Waals surface area contributed by atoms with Gasteiger partial charge in [0.25, 0.3) is 0 Å². The molecule has 0 amide bonds. The average Bonchev–Trinajstić information content (AvgIpc) is 2.76. The highest BCUT2D eigenvalue weighted by molar-refractivity contribution is 4.85. The molecule has 0 atom stereocenters. The first-order valence-corrected chi connectivity index (χ1v) is 6.10. The van der Waals surface area contributed by atoms with Crippen LogP contribution in [0.4, 0.5) is 17.6 Å². The lowest BCUT2D eigenvalue weighted by Gasteiger charge is -2.14. The average molecular weight is 299 g/mol. The number of ether oxygens (including phenoxy) is 1. The van der Waals surface area contributed by atoms with Crippen LogP contribution >= 0.6 is 0 Å². The van der Waals surface area contributed by atoms with Crippen molar-refractivity contribution in [3.63, 3.8) is 0 Å². The van der Waals surface area contributed by atoms with Gasteiger partial charge in [0.15, 0.2) is 5.82 Å². The van der Waals surface area contributed by atoms with Gasteiger partial charge in [-0.15, -0.1) is 0 Å². The van der Waals surface area contributed by atoms with Crippen LogP contribution in [-0.2, 0) is 17.8 Å². The van der Waals surface area contributed by atoms with E-state index in [1.807, 2.05) is 13.8 Å². The fourth-order valence-electron chi connectivity index (χ4n) is 1.26. The Morgan fingerprint density at radius 1 is 1.35 bits per heavy atom. The maximum Gasteiger partial charge on any atom is 0.330 e. The number of rotatable bonds is 9. The van der Waals surface area contributed by atoms with Gasteiger partial charge in [-0.25, -0.2) is 8.78 Å². The Hall–Kier alpha value is -1.22. The lowest BCUT2D eigenvalue weighted by molar-refractivity contribution is -0.168. The Balaban J connectivity index is 2.30. The summed E-state index contributed by atoms with van der Waals surface area (Å²) in [5.41, 5.74) is 0. The van der Waals surface area contributed by atoms with Crippen molar-refractivity contribution < 1.29 is 26.8 Å². The first-order chi connectivity index (χ1) is 9.31. The van der Waals surface area contributed by atoms with Crippen molar-refractivity contribution in [1.29, 1.82) is 0 Å². The van der Waals surface area contributed by atoms with Crippen molar-refractivity contribution in [2.24, 2.45) is 0 Å². The largest absolute Gasteiger partial charge is 0.367 e. The van der Waals surface area contributed by atoms with Crippen LogP contribution in [0.25, 0.3) is 0 Å². The fourth-order valence-corrected chi connectivity index (χ4v) is 1.26. The Bertz CT molecular complexity index is 399. The SMILES string of the molecule is CC(C)NCCc1nc(COCC(F)(F)C(F)F)no1. The summed E-state index contributed by atoms with van der Waals surface area (Å²) < 4.78 is 58.1. The molecule has 0 spiro atoms. The van der Waals surface area contributed by atoms with E-state index >= 15 is 0 Å². The van der Waals surface area contributed by atoms with Gasteiger partial charge in [-0.1, -0.05) is 19.0 Å². The van der Waals surface area contributed by atoms with E-state index in [0.717, 1.165) is 0 Å². The van der Waals surface area contributed by atoms with Crippen LogP contribution in [-0.4, -0.2) is 41.7 Å². The van der Waals surface area contributed by atoms with Crippen molar-refractivity contribution in [1.82, 2.24) is 15.5 Å². The topological polar surface area (TPSA) is 60.2 Å². The maximum absolute atomic E-state index is 12.5. The van der Waals surface area contributed by atoms with Gasteiger partial charge in [0.1, 0.15) is 13.2 Å². The van der Waals surface area contributed by atoms with Crippen molar-refractivity contribution in [2.45, 2.75) is 45.3 Å². The number of halogens is 4. The van der Waals surface area contributed by atoms with E-state index in [-0.39, 0.29) is 5.82 Å². The van der Waals surface area contributed by atoms with Crippen LogP contribution in [0.5, 0.6) is 0 Å². The third kappa shape index (κ3) is 5.83. The second kappa shape index (κ2) is 7.53. The third-order valence-electron chi connectivity index (χ3n) is 2.25. The van der Waals surface area contributed by atoms with Gasteiger partial charge in [-0.3, -0.25) is 0 Å². The van der Waals surface area contributed by atoms with E-state index in [4.69, 9.17) is 4.52 Å². The van der Waals surface area contributed by atoms with Crippen molar-refractivity contribution in [3.05, 3.63) is 11.7 Å². The second-order valence-corrected chi connectivity index (χ2v) is 4.52. The first kappa shape index (κ1) is 16.8. The molecule has 20 heavy (non-hydrogen) atoms. The summed E-state index contributed by atoms with van der Waals surface area (Å²) in [4.78, 5) is 3.90. The molecule has 9 heteroatoms. The van der Waals surface area contributed by atoms with Gasteiger partial charge in [0, 0.05) is 19.0 Å². The maximum atomic E-state index is 12.5. The third-order valence-corrected chi connectivity index (χ3v) is 2.25. The lowest BCUT2D eigenvalue weighted by atomic mass is 10.3. The van der Waals surface area contributed by atoms with Crippen LogP contribution in [0.3, 0.4) is 0 Å². The summed E-state index contributed by atoms with van der Waals surface area (Å²) in [5.74, 6) is -3.79. The van der Waals surface area contributed by atoms with Gasteiger partial charge in [0.2, 0.25) is 5.89 Å². The van der Waals surface area contributed by atoms with E-state index in [0.29, 0.717) is 24.9 Å².